The van der Waals surface area contributed by atoms with E-state index in [1.165, 1.54) is 18.1 Å². The van der Waals surface area contributed by atoms with Crippen molar-refractivity contribution >= 4 is 48.8 Å². The average Bonchev–Trinajstić information content (AvgIpc) is 3.32. The standard InChI is InChI=1S/C28H31N7O3S/c1-38-27-16-24-23(15-25(27)30-11-10-29-12-13-39(2,36)37)28(32-19-31-24)34-22-8-9-26-21(14-22)17-33-35(26)18-20-6-4-3-5-7-20/h3-9,14-17,19,29-30H,10-13,18H2,1-2H3,(H,31,32,34). The summed E-state index contributed by atoms with van der Waals surface area (Å²) in [6.07, 6.45) is 4.63. The Morgan fingerprint density at radius 1 is 0.974 bits per heavy atom. The van der Waals surface area contributed by atoms with Crippen molar-refractivity contribution in [2.45, 2.75) is 6.54 Å². The van der Waals surface area contributed by atoms with Crippen LogP contribution in [0.4, 0.5) is 17.2 Å². The molecule has 0 bridgehead atoms. The van der Waals surface area contributed by atoms with Crippen molar-refractivity contribution in [2.24, 2.45) is 0 Å². The second-order valence-electron chi connectivity index (χ2n) is 9.28. The fraction of sp³-hybridized carbons (Fsp3) is 0.250. The minimum atomic E-state index is -2.98. The van der Waals surface area contributed by atoms with Crippen molar-refractivity contribution in [1.82, 2.24) is 25.1 Å². The zero-order valence-corrected chi connectivity index (χ0v) is 22.7. The first-order chi connectivity index (χ1) is 18.9. The maximum atomic E-state index is 11.3. The summed E-state index contributed by atoms with van der Waals surface area (Å²) < 4.78 is 30.2. The molecule has 2 aromatic heterocycles. The first-order valence-electron chi connectivity index (χ1n) is 12.6. The van der Waals surface area contributed by atoms with Crippen molar-refractivity contribution in [3.05, 3.63) is 78.8 Å². The number of methoxy groups -OCH3 is 1. The molecule has 0 fully saturated rings. The molecule has 0 aliphatic rings. The molecule has 0 atom stereocenters. The Labute approximate surface area is 227 Å². The molecule has 0 amide bonds. The molecule has 2 heterocycles. The van der Waals surface area contributed by atoms with E-state index in [-0.39, 0.29) is 5.75 Å². The van der Waals surface area contributed by atoms with Gasteiger partial charge in [-0.15, -0.1) is 0 Å². The van der Waals surface area contributed by atoms with Gasteiger partial charge in [0.15, 0.2) is 0 Å². The summed E-state index contributed by atoms with van der Waals surface area (Å²) in [6.45, 7) is 2.31. The lowest BCUT2D eigenvalue weighted by molar-refractivity contribution is 0.417. The van der Waals surface area contributed by atoms with E-state index in [1.54, 1.807) is 7.11 Å². The molecule has 3 aromatic carbocycles. The smallest absolute Gasteiger partial charge is 0.148 e. The summed E-state index contributed by atoms with van der Waals surface area (Å²) >= 11 is 0. The molecular weight excluding hydrogens is 514 g/mol. The largest absolute Gasteiger partial charge is 0.495 e. The SMILES string of the molecule is COc1cc2ncnc(Nc3ccc4c(cnn4Cc4ccccc4)c3)c2cc1NCCNCCS(C)(=O)=O. The highest BCUT2D eigenvalue weighted by Crippen LogP contribution is 2.33. The van der Waals surface area contributed by atoms with E-state index in [9.17, 15) is 8.42 Å². The molecule has 0 saturated heterocycles. The Kier molecular flexibility index (Phi) is 7.89. The number of sulfone groups is 1. The summed E-state index contributed by atoms with van der Waals surface area (Å²) in [5, 5.41) is 16.4. The normalized spacial score (nSPS) is 11.6. The van der Waals surface area contributed by atoms with Crippen molar-refractivity contribution in [2.75, 3.05) is 49.4 Å². The third-order valence-electron chi connectivity index (χ3n) is 6.30. The molecule has 39 heavy (non-hydrogen) atoms. The first kappa shape index (κ1) is 26.4. The molecule has 5 aromatic rings. The van der Waals surface area contributed by atoms with Gasteiger partial charge in [0.1, 0.15) is 27.7 Å². The highest BCUT2D eigenvalue weighted by molar-refractivity contribution is 7.90. The highest BCUT2D eigenvalue weighted by atomic mass is 32.2. The summed E-state index contributed by atoms with van der Waals surface area (Å²) in [6, 6.07) is 20.2. The lowest BCUT2D eigenvalue weighted by Gasteiger charge is -2.15. The van der Waals surface area contributed by atoms with Gasteiger partial charge in [-0.3, -0.25) is 4.68 Å². The van der Waals surface area contributed by atoms with Crippen molar-refractivity contribution in [3.8, 4) is 5.75 Å². The van der Waals surface area contributed by atoms with Crippen LogP contribution in [0, 0.1) is 0 Å². The van der Waals surface area contributed by atoms with E-state index in [2.05, 4.69) is 55.3 Å². The average molecular weight is 546 g/mol. The topological polar surface area (TPSA) is 123 Å². The molecular formula is C28H31N7O3S. The fourth-order valence-electron chi connectivity index (χ4n) is 4.34. The van der Waals surface area contributed by atoms with Gasteiger partial charge >= 0.3 is 0 Å². The van der Waals surface area contributed by atoms with Crippen molar-refractivity contribution in [3.63, 3.8) is 0 Å². The summed E-state index contributed by atoms with van der Waals surface area (Å²) in [5.74, 6) is 1.45. The van der Waals surface area contributed by atoms with Crippen LogP contribution in [-0.2, 0) is 16.4 Å². The molecule has 0 saturated carbocycles. The predicted molar refractivity (Wildman–Crippen MR) is 156 cm³/mol. The van der Waals surface area contributed by atoms with Gasteiger partial charge in [-0.05, 0) is 29.8 Å². The van der Waals surface area contributed by atoms with Crippen LogP contribution in [0.15, 0.2) is 73.2 Å². The molecule has 0 radical (unpaired) electrons. The molecule has 3 N–H and O–H groups in total. The fourth-order valence-corrected chi connectivity index (χ4v) is 4.86. The van der Waals surface area contributed by atoms with Gasteiger partial charge in [0.25, 0.3) is 0 Å². The molecule has 5 rings (SSSR count). The maximum absolute atomic E-state index is 11.3. The summed E-state index contributed by atoms with van der Waals surface area (Å²) in [5.41, 5.74) is 4.69. The lowest BCUT2D eigenvalue weighted by Crippen LogP contribution is -2.27. The van der Waals surface area contributed by atoms with Crippen LogP contribution in [0.5, 0.6) is 5.75 Å². The zero-order valence-electron chi connectivity index (χ0n) is 21.9. The Bertz CT molecular complexity index is 1690. The number of ether oxygens (including phenoxy) is 1. The van der Waals surface area contributed by atoms with E-state index < -0.39 is 9.84 Å². The van der Waals surface area contributed by atoms with Crippen LogP contribution in [0.25, 0.3) is 21.8 Å². The van der Waals surface area contributed by atoms with Crippen LogP contribution >= 0.6 is 0 Å². The van der Waals surface area contributed by atoms with Gasteiger partial charge in [-0.2, -0.15) is 5.10 Å². The minimum absolute atomic E-state index is 0.109. The van der Waals surface area contributed by atoms with Crippen LogP contribution in [0.3, 0.4) is 0 Å². The predicted octanol–water partition coefficient (Wildman–Crippen LogP) is 3.83. The quantitative estimate of drug-likeness (QED) is 0.201. The van der Waals surface area contributed by atoms with Crippen molar-refractivity contribution < 1.29 is 13.2 Å². The van der Waals surface area contributed by atoms with Crippen LogP contribution < -0.4 is 20.7 Å². The van der Waals surface area contributed by atoms with E-state index in [4.69, 9.17) is 4.74 Å². The van der Waals surface area contributed by atoms with Crippen molar-refractivity contribution in [1.29, 1.82) is 0 Å². The number of rotatable bonds is 12. The number of nitrogens with zero attached hydrogens (tertiary/aromatic N) is 4. The molecule has 0 unspecified atom stereocenters. The Balaban J connectivity index is 1.32. The molecule has 11 heteroatoms. The Hall–Kier alpha value is -4.22. The minimum Gasteiger partial charge on any atom is -0.495 e. The van der Waals surface area contributed by atoms with Crippen LogP contribution in [0.2, 0.25) is 0 Å². The zero-order chi connectivity index (χ0) is 27.2. The maximum Gasteiger partial charge on any atom is 0.148 e. The van der Waals surface area contributed by atoms with Gasteiger partial charge in [0.05, 0.1) is 42.3 Å². The summed E-state index contributed by atoms with van der Waals surface area (Å²) in [7, 11) is -1.37. The lowest BCUT2D eigenvalue weighted by atomic mass is 10.1. The van der Waals surface area contributed by atoms with E-state index in [0.29, 0.717) is 37.7 Å². The number of benzene rings is 3. The van der Waals surface area contributed by atoms with Crippen LogP contribution in [0.1, 0.15) is 5.56 Å². The third kappa shape index (κ3) is 6.62. The monoisotopic (exact) mass is 545 g/mol. The van der Waals surface area contributed by atoms with Crippen LogP contribution in [-0.4, -0.2) is 66.9 Å². The van der Waals surface area contributed by atoms with Gasteiger partial charge in [-0.25, -0.2) is 18.4 Å². The second-order valence-corrected chi connectivity index (χ2v) is 11.5. The number of fused-ring (bicyclic) bond motifs is 2. The third-order valence-corrected chi connectivity index (χ3v) is 7.25. The number of hydrogen-bond donors (Lipinski definition) is 3. The first-order valence-corrected chi connectivity index (χ1v) is 14.7. The Morgan fingerprint density at radius 3 is 2.62 bits per heavy atom. The van der Waals surface area contributed by atoms with Gasteiger partial charge in [-0.1, -0.05) is 30.3 Å². The molecule has 202 valence electrons. The highest BCUT2D eigenvalue weighted by Gasteiger charge is 2.12. The van der Waals surface area contributed by atoms with Gasteiger partial charge in [0, 0.05) is 48.4 Å². The van der Waals surface area contributed by atoms with E-state index >= 15 is 0 Å². The molecule has 0 spiro atoms. The molecule has 10 nitrogen and oxygen atoms in total. The summed E-state index contributed by atoms with van der Waals surface area (Å²) in [4.78, 5) is 8.93. The second kappa shape index (κ2) is 11.7. The molecule has 0 aliphatic heterocycles. The van der Waals surface area contributed by atoms with Gasteiger partial charge < -0.3 is 20.7 Å². The van der Waals surface area contributed by atoms with E-state index in [1.807, 2.05) is 47.3 Å². The number of hydrogen-bond acceptors (Lipinski definition) is 9. The molecule has 0 aliphatic carbocycles. The van der Waals surface area contributed by atoms with Gasteiger partial charge in [0.2, 0.25) is 0 Å². The number of anilines is 3. The number of nitrogens with one attached hydrogen (secondary N) is 3. The van der Waals surface area contributed by atoms with E-state index in [0.717, 1.165) is 33.2 Å². The Morgan fingerprint density at radius 2 is 1.82 bits per heavy atom. The number of aromatic nitrogens is 4.